The number of carbonyl (C=O) groups excluding carboxylic acids is 1. The normalized spacial score (nSPS) is 14.8. The monoisotopic (exact) mass is 327 g/mol. The van der Waals surface area contributed by atoms with Crippen LogP contribution in [0.4, 0.5) is 5.69 Å². The molecule has 0 aliphatic carbocycles. The molecule has 6 nitrogen and oxygen atoms in total. The fourth-order valence-corrected chi connectivity index (χ4v) is 2.51. The predicted molar refractivity (Wildman–Crippen MR) is 74.2 cm³/mol. The molecule has 1 amide bonds. The largest absolute Gasteiger partial charge is 0.333 e. The number of non-ortho nitro benzene ring substituents is 1. The average molecular weight is 328 g/mol. The number of benzene rings is 1. The SMILES string of the molecule is CCN(C(=O)c1cc(Br)cc([N+](=O)[O-])c1)C1CNC1. The van der Waals surface area contributed by atoms with Crippen LogP contribution in [0.2, 0.25) is 0 Å². The molecule has 1 saturated heterocycles. The van der Waals surface area contributed by atoms with Crippen molar-refractivity contribution in [2.75, 3.05) is 19.6 Å². The minimum Gasteiger partial charge on any atom is -0.333 e. The maximum atomic E-state index is 12.4. The Kier molecular flexibility index (Phi) is 4.16. The minimum absolute atomic E-state index is 0.0829. The van der Waals surface area contributed by atoms with Crippen LogP contribution in [0.5, 0.6) is 0 Å². The first-order valence-electron chi connectivity index (χ1n) is 5.99. The van der Waals surface area contributed by atoms with Crippen molar-refractivity contribution in [2.45, 2.75) is 13.0 Å². The number of halogens is 1. The van der Waals surface area contributed by atoms with Gasteiger partial charge in [0.15, 0.2) is 0 Å². The van der Waals surface area contributed by atoms with Crippen molar-refractivity contribution in [2.24, 2.45) is 0 Å². The molecule has 0 atom stereocenters. The van der Waals surface area contributed by atoms with Crippen LogP contribution < -0.4 is 5.32 Å². The first-order chi connectivity index (χ1) is 9.02. The maximum Gasteiger partial charge on any atom is 0.271 e. The number of nitro benzene ring substituents is 1. The number of nitrogens with zero attached hydrogens (tertiary/aromatic N) is 2. The van der Waals surface area contributed by atoms with E-state index in [-0.39, 0.29) is 17.6 Å². The van der Waals surface area contributed by atoms with E-state index >= 15 is 0 Å². The molecule has 0 spiro atoms. The Labute approximate surface area is 119 Å². The van der Waals surface area contributed by atoms with E-state index in [9.17, 15) is 14.9 Å². The van der Waals surface area contributed by atoms with E-state index in [4.69, 9.17) is 0 Å². The molecule has 2 rings (SSSR count). The third-order valence-electron chi connectivity index (χ3n) is 3.14. The molecular weight excluding hydrogens is 314 g/mol. The van der Waals surface area contributed by atoms with Gasteiger partial charge in [-0.15, -0.1) is 0 Å². The molecule has 1 fully saturated rings. The molecule has 0 aromatic heterocycles. The van der Waals surface area contributed by atoms with Gasteiger partial charge in [0, 0.05) is 41.8 Å². The smallest absolute Gasteiger partial charge is 0.271 e. The molecule has 0 unspecified atom stereocenters. The van der Waals surface area contributed by atoms with Gasteiger partial charge in [-0.05, 0) is 13.0 Å². The van der Waals surface area contributed by atoms with Gasteiger partial charge in [0.25, 0.3) is 11.6 Å². The summed E-state index contributed by atoms with van der Waals surface area (Å²) in [4.78, 5) is 24.5. The van der Waals surface area contributed by atoms with Crippen molar-refractivity contribution in [3.05, 3.63) is 38.3 Å². The summed E-state index contributed by atoms with van der Waals surface area (Å²) < 4.78 is 0.535. The second-order valence-corrected chi connectivity index (χ2v) is 5.27. The van der Waals surface area contributed by atoms with E-state index in [0.29, 0.717) is 16.6 Å². The first kappa shape index (κ1) is 14.0. The third kappa shape index (κ3) is 2.93. The van der Waals surface area contributed by atoms with Crippen molar-refractivity contribution in [3.8, 4) is 0 Å². The van der Waals surface area contributed by atoms with Crippen LogP contribution >= 0.6 is 15.9 Å². The van der Waals surface area contributed by atoms with Crippen LogP contribution in [0, 0.1) is 10.1 Å². The molecule has 1 aliphatic rings. The van der Waals surface area contributed by atoms with Crippen molar-refractivity contribution in [1.29, 1.82) is 0 Å². The standard InChI is InChI=1S/C12H14BrN3O3/c1-2-15(11-6-14-7-11)12(17)8-3-9(13)5-10(4-8)16(18)19/h3-5,11,14H,2,6-7H2,1H3. The lowest BCUT2D eigenvalue weighted by molar-refractivity contribution is -0.385. The fraction of sp³-hybridized carbons (Fsp3) is 0.417. The van der Waals surface area contributed by atoms with E-state index in [1.54, 1.807) is 11.0 Å². The van der Waals surface area contributed by atoms with Gasteiger partial charge in [-0.1, -0.05) is 15.9 Å². The molecule has 7 heteroatoms. The summed E-state index contributed by atoms with van der Waals surface area (Å²) in [7, 11) is 0. The lowest BCUT2D eigenvalue weighted by atomic mass is 10.1. The Morgan fingerprint density at radius 3 is 2.68 bits per heavy atom. The van der Waals surface area contributed by atoms with Gasteiger partial charge >= 0.3 is 0 Å². The van der Waals surface area contributed by atoms with Crippen LogP contribution in [-0.4, -0.2) is 41.4 Å². The van der Waals surface area contributed by atoms with Gasteiger partial charge in [0.2, 0.25) is 0 Å². The molecule has 1 aliphatic heterocycles. The molecule has 1 aromatic carbocycles. The van der Waals surface area contributed by atoms with Crippen molar-refractivity contribution in [1.82, 2.24) is 10.2 Å². The molecule has 0 bridgehead atoms. The molecule has 102 valence electrons. The Morgan fingerprint density at radius 2 is 2.21 bits per heavy atom. The number of rotatable bonds is 4. The van der Waals surface area contributed by atoms with Gasteiger partial charge in [-0.3, -0.25) is 14.9 Å². The second-order valence-electron chi connectivity index (χ2n) is 4.36. The quantitative estimate of drug-likeness (QED) is 0.675. The van der Waals surface area contributed by atoms with Crippen LogP contribution in [-0.2, 0) is 0 Å². The van der Waals surface area contributed by atoms with Gasteiger partial charge in [-0.2, -0.15) is 0 Å². The zero-order valence-electron chi connectivity index (χ0n) is 10.4. The van der Waals surface area contributed by atoms with Crippen LogP contribution in [0.15, 0.2) is 22.7 Å². The second kappa shape index (κ2) is 5.66. The summed E-state index contributed by atoms with van der Waals surface area (Å²) in [5, 5.41) is 13.9. The van der Waals surface area contributed by atoms with Crippen molar-refractivity contribution >= 4 is 27.5 Å². The van der Waals surface area contributed by atoms with Gasteiger partial charge in [-0.25, -0.2) is 0 Å². The Bertz CT molecular complexity index is 517. The number of amides is 1. The number of hydrogen-bond donors (Lipinski definition) is 1. The summed E-state index contributed by atoms with van der Waals surface area (Å²) in [5.74, 6) is -0.168. The molecule has 1 heterocycles. The van der Waals surface area contributed by atoms with Crippen LogP contribution in [0.25, 0.3) is 0 Å². The number of carbonyl (C=O) groups is 1. The van der Waals surface area contributed by atoms with E-state index in [1.165, 1.54) is 12.1 Å². The Hall–Kier alpha value is -1.47. The summed E-state index contributed by atoms with van der Waals surface area (Å²) in [6.07, 6.45) is 0. The van der Waals surface area contributed by atoms with Crippen LogP contribution in [0.3, 0.4) is 0 Å². The van der Waals surface area contributed by atoms with Crippen molar-refractivity contribution in [3.63, 3.8) is 0 Å². The highest BCUT2D eigenvalue weighted by Gasteiger charge is 2.28. The summed E-state index contributed by atoms with van der Waals surface area (Å²) in [5.41, 5.74) is 0.260. The zero-order chi connectivity index (χ0) is 14.0. The molecule has 0 radical (unpaired) electrons. The van der Waals surface area contributed by atoms with Gasteiger partial charge in [0.1, 0.15) is 0 Å². The van der Waals surface area contributed by atoms with E-state index in [2.05, 4.69) is 21.2 Å². The molecule has 0 saturated carbocycles. The lowest BCUT2D eigenvalue weighted by Crippen LogP contribution is -2.58. The van der Waals surface area contributed by atoms with E-state index in [0.717, 1.165) is 13.1 Å². The Morgan fingerprint density at radius 1 is 1.53 bits per heavy atom. The third-order valence-corrected chi connectivity index (χ3v) is 3.60. The lowest BCUT2D eigenvalue weighted by Gasteiger charge is -2.37. The first-order valence-corrected chi connectivity index (χ1v) is 6.79. The van der Waals surface area contributed by atoms with E-state index < -0.39 is 4.92 Å². The fourth-order valence-electron chi connectivity index (χ4n) is 2.03. The Balaban J connectivity index is 2.29. The molecule has 1 aromatic rings. The minimum atomic E-state index is -0.497. The van der Waals surface area contributed by atoms with E-state index in [1.807, 2.05) is 6.92 Å². The highest BCUT2D eigenvalue weighted by Crippen LogP contribution is 2.23. The molecule has 19 heavy (non-hydrogen) atoms. The maximum absolute atomic E-state index is 12.4. The predicted octanol–water partition coefficient (Wildman–Crippen LogP) is 1.79. The number of nitro groups is 1. The number of hydrogen-bond acceptors (Lipinski definition) is 4. The van der Waals surface area contributed by atoms with Crippen molar-refractivity contribution < 1.29 is 9.72 Å². The topological polar surface area (TPSA) is 75.5 Å². The van der Waals surface area contributed by atoms with Crippen LogP contribution in [0.1, 0.15) is 17.3 Å². The average Bonchev–Trinajstić information content (AvgIpc) is 2.31. The summed E-state index contributed by atoms with van der Waals surface area (Å²) in [6.45, 7) is 4.04. The molecular formula is C12H14BrN3O3. The number of likely N-dealkylation sites (N-methyl/N-ethyl adjacent to an activating group) is 1. The summed E-state index contributed by atoms with van der Waals surface area (Å²) in [6, 6.07) is 4.50. The summed E-state index contributed by atoms with van der Waals surface area (Å²) >= 11 is 3.20. The molecule has 1 N–H and O–H groups in total. The highest BCUT2D eigenvalue weighted by atomic mass is 79.9. The number of nitrogens with one attached hydrogen (secondary N) is 1. The van der Waals surface area contributed by atoms with Gasteiger partial charge in [0.05, 0.1) is 11.0 Å². The highest BCUT2D eigenvalue weighted by molar-refractivity contribution is 9.10. The van der Waals surface area contributed by atoms with Gasteiger partial charge < -0.3 is 10.2 Å². The zero-order valence-corrected chi connectivity index (χ0v) is 12.0.